The Balaban J connectivity index is 1.98. The fraction of sp³-hybridized carbons (Fsp3) is 0. The minimum Gasteiger partial charge on any atom is -0.263 e. The lowest BCUT2D eigenvalue weighted by Gasteiger charge is -1.98. The molecule has 0 unspecified atom stereocenters. The molecule has 0 aliphatic heterocycles. The van der Waals surface area contributed by atoms with Crippen molar-refractivity contribution >= 4 is 49.2 Å². The van der Waals surface area contributed by atoms with E-state index >= 15 is 0 Å². The van der Waals surface area contributed by atoms with Crippen LogP contribution in [0.25, 0.3) is 10.2 Å². The SMILES string of the molecule is Brc1cnccc1Sc1nc2ccccc2s1. The number of halogens is 1. The zero-order chi connectivity index (χ0) is 11.7. The summed E-state index contributed by atoms with van der Waals surface area (Å²) in [6, 6.07) is 10.2. The molecule has 2 aromatic heterocycles. The summed E-state index contributed by atoms with van der Waals surface area (Å²) in [6.07, 6.45) is 3.59. The molecular weight excluding hydrogens is 316 g/mol. The van der Waals surface area contributed by atoms with E-state index in [4.69, 9.17) is 0 Å². The monoisotopic (exact) mass is 322 g/mol. The molecule has 0 fully saturated rings. The van der Waals surface area contributed by atoms with Gasteiger partial charge in [0.05, 0.1) is 10.2 Å². The molecule has 84 valence electrons. The molecule has 3 aromatic rings. The van der Waals surface area contributed by atoms with Gasteiger partial charge in [-0.1, -0.05) is 23.9 Å². The summed E-state index contributed by atoms with van der Waals surface area (Å²) in [5, 5.41) is 0. The van der Waals surface area contributed by atoms with Gasteiger partial charge in [0.1, 0.15) is 0 Å². The van der Waals surface area contributed by atoms with Crippen LogP contribution >= 0.6 is 39.0 Å². The third-order valence-corrected chi connectivity index (χ3v) is 5.27. The summed E-state index contributed by atoms with van der Waals surface area (Å²) in [4.78, 5) is 9.78. The van der Waals surface area contributed by atoms with E-state index in [1.54, 1.807) is 35.5 Å². The van der Waals surface area contributed by atoms with Crippen molar-refractivity contribution in [1.82, 2.24) is 9.97 Å². The van der Waals surface area contributed by atoms with Gasteiger partial charge in [0.2, 0.25) is 0 Å². The highest BCUT2D eigenvalue weighted by Gasteiger charge is 2.07. The lowest BCUT2D eigenvalue weighted by molar-refractivity contribution is 1.22. The summed E-state index contributed by atoms with van der Waals surface area (Å²) in [6.45, 7) is 0. The highest BCUT2D eigenvalue weighted by molar-refractivity contribution is 9.10. The number of rotatable bonds is 2. The molecule has 3 rings (SSSR count). The lowest BCUT2D eigenvalue weighted by atomic mass is 10.3. The third kappa shape index (κ3) is 2.36. The van der Waals surface area contributed by atoms with Crippen molar-refractivity contribution in [1.29, 1.82) is 0 Å². The molecule has 0 atom stereocenters. The van der Waals surface area contributed by atoms with Crippen molar-refractivity contribution in [3.05, 3.63) is 47.2 Å². The van der Waals surface area contributed by atoms with Crippen LogP contribution in [0.1, 0.15) is 0 Å². The second-order valence-corrected chi connectivity index (χ2v) is 6.53. The minimum atomic E-state index is 1.00. The van der Waals surface area contributed by atoms with E-state index in [0.29, 0.717) is 0 Å². The van der Waals surface area contributed by atoms with Gasteiger partial charge in [-0.05, 0) is 34.1 Å². The highest BCUT2D eigenvalue weighted by Crippen LogP contribution is 2.36. The summed E-state index contributed by atoms with van der Waals surface area (Å²) >= 11 is 6.86. The second kappa shape index (κ2) is 4.76. The van der Waals surface area contributed by atoms with E-state index in [2.05, 4.69) is 32.0 Å². The van der Waals surface area contributed by atoms with Crippen molar-refractivity contribution in [3.63, 3.8) is 0 Å². The van der Waals surface area contributed by atoms with Gasteiger partial charge >= 0.3 is 0 Å². The van der Waals surface area contributed by atoms with Crippen LogP contribution in [0.4, 0.5) is 0 Å². The van der Waals surface area contributed by atoms with E-state index < -0.39 is 0 Å². The summed E-state index contributed by atoms with van der Waals surface area (Å²) < 4.78 is 3.28. The summed E-state index contributed by atoms with van der Waals surface area (Å²) in [7, 11) is 0. The summed E-state index contributed by atoms with van der Waals surface area (Å²) in [5.74, 6) is 0. The van der Waals surface area contributed by atoms with Gasteiger partial charge in [0, 0.05) is 21.8 Å². The normalized spacial score (nSPS) is 10.9. The number of benzene rings is 1. The Kier molecular flexibility index (Phi) is 3.13. The molecule has 5 heteroatoms. The molecule has 1 aromatic carbocycles. The maximum absolute atomic E-state index is 4.59. The first-order valence-electron chi connectivity index (χ1n) is 4.96. The third-order valence-electron chi connectivity index (χ3n) is 2.21. The van der Waals surface area contributed by atoms with Crippen molar-refractivity contribution in [2.75, 3.05) is 0 Å². The number of hydrogen-bond donors (Lipinski definition) is 0. The Hall–Kier alpha value is -0.910. The van der Waals surface area contributed by atoms with Gasteiger partial charge in [-0.3, -0.25) is 4.98 Å². The molecule has 0 N–H and O–H groups in total. The Bertz CT molecular complexity index is 633. The molecule has 17 heavy (non-hydrogen) atoms. The number of pyridine rings is 1. The fourth-order valence-electron chi connectivity index (χ4n) is 1.43. The first kappa shape index (κ1) is 11.2. The number of hydrogen-bond acceptors (Lipinski definition) is 4. The Morgan fingerprint density at radius 1 is 1.18 bits per heavy atom. The van der Waals surface area contributed by atoms with E-state index in [1.165, 1.54) is 4.70 Å². The predicted molar refractivity (Wildman–Crippen MR) is 75.7 cm³/mol. The summed E-state index contributed by atoms with van der Waals surface area (Å²) in [5.41, 5.74) is 1.06. The Morgan fingerprint density at radius 3 is 2.88 bits per heavy atom. The Labute approximate surface area is 115 Å². The van der Waals surface area contributed by atoms with Crippen LogP contribution < -0.4 is 0 Å². The minimum absolute atomic E-state index is 1.00. The Morgan fingerprint density at radius 2 is 2.06 bits per heavy atom. The van der Waals surface area contributed by atoms with Gasteiger partial charge in [-0.25, -0.2) is 4.98 Å². The quantitative estimate of drug-likeness (QED) is 0.689. The average molecular weight is 323 g/mol. The molecule has 0 saturated carbocycles. The first-order valence-corrected chi connectivity index (χ1v) is 7.38. The maximum Gasteiger partial charge on any atom is 0.155 e. The zero-order valence-electron chi connectivity index (χ0n) is 8.63. The molecule has 2 heterocycles. The maximum atomic E-state index is 4.59. The number of thiazole rings is 1. The molecule has 0 saturated heterocycles. The van der Waals surface area contributed by atoms with Gasteiger partial charge in [-0.15, -0.1) is 11.3 Å². The average Bonchev–Trinajstić information content (AvgIpc) is 2.74. The molecule has 0 spiro atoms. The first-order chi connectivity index (χ1) is 8.33. The van der Waals surface area contributed by atoms with Crippen LogP contribution in [0.3, 0.4) is 0 Å². The van der Waals surface area contributed by atoms with E-state index in [1.807, 2.05) is 24.3 Å². The van der Waals surface area contributed by atoms with E-state index in [9.17, 15) is 0 Å². The van der Waals surface area contributed by atoms with E-state index in [-0.39, 0.29) is 0 Å². The van der Waals surface area contributed by atoms with Gasteiger partial charge < -0.3 is 0 Å². The van der Waals surface area contributed by atoms with Crippen molar-refractivity contribution in [2.24, 2.45) is 0 Å². The van der Waals surface area contributed by atoms with Crippen LogP contribution in [0.15, 0.2) is 56.4 Å². The molecule has 0 bridgehead atoms. The standard InChI is InChI=1S/C12H7BrN2S2/c13-8-7-14-6-5-10(8)16-12-15-9-3-1-2-4-11(9)17-12/h1-7H. The van der Waals surface area contributed by atoms with Crippen molar-refractivity contribution in [2.45, 2.75) is 9.24 Å². The molecule has 0 radical (unpaired) electrons. The predicted octanol–water partition coefficient (Wildman–Crippen LogP) is 4.61. The molecule has 0 amide bonds. The van der Waals surface area contributed by atoms with Crippen LogP contribution in [-0.4, -0.2) is 9.97 Å². The number of nitrogens with zero attached hydrogens (tertiary/aromatic N) is 2. The lowest BCUT2D eigenvalue weighted by Crippen LogP contribution is -1.76. The van der Waals surface area contributed by atoms with Crippen LogP contribution in [0, 0.1) is 0 Å². The van der Waals surface area contributed by atoms with Crippen LogP contribution in [0.2, 0.25) is 0 Å². The largest absolute Gasteiger partial charge is 0.263 e. The van der Waals surface area contributed by atoms with Crippen LogP contribution in [-0.2, 0) is 0 Å². The number of para-hydroxylation sites is 1. The topological polar surface area (TPSA) is 25.8 Å². The van der Waals surface area contributed by atoms with Gasteiger partial charge in [-0.2, -0.15) is 0 Å². The van der Waals surface area contributed by atoms with Crippen molar-refractivity contribution in [3.8, 4) is 0 Å². The smallest absolute Gasteiger partial charge is 0.155 e. The second-order valence-electron chi connectivity index (χ2n) is 3.36. The number of aromatic nitrogens is 2. The molecule has 2 nitrogen and oxygen atoms in total. The fourth-order valence-corrected chi connectivity index (χ4v) is 3.94. The van der Waals surface area contributed by atoms with Crippen LogP contribution in [0.5, 0.6) is 0 Å². The van der Waals surface area contributed by atoms with Gasteiger partial charge in [0.25, 0.3) is 0 Å². The van der Waals surface area contributed by atoms with Crippen molar-refractivity contribution < 1.29 is 0 Å². The highest BCUT2D eigenvalue weighted by atomic mass is 79.9. The number of fused-ring (bicyclic) bond motifs is 1. The van der Waals surface area contributed by atoms with Gasteiger partial charge in [0.15, 0.2) is 4.34 Å². The van der Waals surface area contributed by atoms with E-state index in [0.717, 1.165) is 19.2 Å². The zero-order valence-corrected chi connectivity index (χ0v) is 11.8. The molecular formula is C12H7BrN2S2. The molecule has 0 aliphatic rings. The molecule has 0 aliphatic carbocycles.